The second-order valence-electron chi connectivity index (χ2n) is 4.04. The number of fused-ring (bicyclic) bond motifs is 1. The first-order chi connectivity index (χ1) is 8.77. The minimum absolute atomic E-state index is 0.305. The third kappa shape index (κ3) is 2.32. The van der Waals surface area contributed by atoms with Gasteiger partial charge in [-0.05, 0) is 25.5 Å². The van der Waals surface area contributed by atoms with E-state index in [9.17, 15) is 4.79 Å². The lowest BCUT2D eigenvalue weighted by atomic mass is 10.3. The molecule has 18 heavy (non-hydrogen) atoms. The SMILES string of the molecule is CCCN(C(=O)OCC)n1ccc2ccccc21. The molecule has 0 atom stereocenters. The van der Waals surface area contributed by atoms with Crippen molar-refractivity contribution in [1.82, 2.24) is 4.68 Å². The molecule has 0 spiro atoms. The Kier molecular flexibility index (Phi) is 3.87. The average molecular weight is 246 g/mol. The van der Waals surface area contributed by atoms with Crippen LogP contribution in [0.15, 0.2) is 36.5 Å². The van der Waals surface area contributed by atoms with Gasteiger partial charge in [-0.1, -0.05) is 25.1 Å². The summed E-state index contributed by atoms with van der Waals surface area (Å²) in [5, 5.41) is 2.74. The molecule has 1 aromatic heterocycles. The minimum Gasteiger partial charge on any atom is -0.448 e. The van der Waals surface area contributed by atoms with Gasteiger partial charge >= 0.3 is 6.09 Å². The molecule has 0 aliphatic rings. The molecule has 2 rings (SSSR count). The van der Waals surface area contributed by atoms with E-state index in [1.54, 1.807) is 5.01 Å². The zero-order chi connectivity index (χ0) is 13.0. The van der Waals surface area contributed by atoms with Crippen molar-refractivity contribution >= 4 is 17.0 Å². The first-order valence-corrected chi connectivity index (χ1v) is 6.28. The number of benzene rings is 1. The zero-order valence-electron chi connectivity index (χ0n) is 10.8. The molecule has 0 saturated heterocycles. The van der Waals surface area contributed by atoms with E-state index in [2.05, 4.69) is 0 Å². The summed E-state index contributed by atoms with van der Waals surface area (Å²) in [5.74, 6) is 0. The lowest BCUT2D eigenvalue weighted by Crippen LogP contribution is -2.40. The Hall–Kier alpha value is -1.97. The molecular weight excluding hydrogens is 228 g/mol. The predicted octanol–water partition coefficient (Wildman–Crippen LogP) is 3.15. The van der Waals surface area contributed by atoms with Crippen LogP contribution in [0.25, 0.3) is 10.9 Å². The van der Waals surface area contributed by atoms with Gasteiger partial charge < -0.3 is 4.74 Å². The molecule has 0 unspecified atom stereocenters. The van der Waals surface area contributed by atoms with Crippen LogP contribution < -0.4 is 5.01 Å². The van der Waals surface area contributed by atoms with Crippen molar-refractivity contribution in [3.8, 4) is 0 Å². The fraction of sp³-hybridized carbons (Fsp3) is 0.357. The van der Waals surface area contributed by atoms with Crippen molar-refractivity contribution in [2.45, 2.75) is 20.3 Å². The summed E-state index contributed by atoms with van der Waals surface area (Å²) >= 11 is 0. The van der Waals surface area contributed by atoms with Crippen molar-refractivity contribution < 1.29 is 9.53 Å². The predicted molar refractivity (Wildman–Crippen MR) is 72.3 cm³/mol. The summed E-state index contributed by atoms with van der Waals surface area (Å²) < 4.78 is 6.95. The van der Waals surface area contributed by atoms with Gasteiger partial charge in [0.15, 0.2) is 0 Å². The first kappa shape index (κ1) is 12.5. The molecule has 1 aromatic carbocycles. The van der Waals surface area contributed by atoms with Crippen molar-refractivity contribution in [2.75, 3.05) is 18.2 Å². The molecule has 1 heterocycles. The summed E-state index contributed by atoms with van der Waals surface area (Å²) in [6.07, 6.45) is 2.48. The highest BCUT2D eigenvalue weighted by molar-refractivity contribution is 5.85. The van der Waals surface area contributed by atoms with Crippen LogP contribution in [0.1, 0.15) is 20.3 Å². The van der Waals surface area contributed by atoms with Crippen LogP contribution in [0, 0.1) is 0 Å². The quantitative estimate of drug-likeness (QED) is 0.830. The Labute approximate surface area is 107 Å². The molecule has 0 aliphatic heterocycles. The van der Waals surface area contributed by atoms with Crippen LogP contribution in [0.2, 0.25) is 0 Å². The number of hydrogen-bond donors (Lipinski definition) is 0. The number of carbonyl (C=O) groups excluding carboxylic acids is 1. The van der Waals surface area contributed by atoms with Crippen molar-refractivity contribution in [3.05, 3.63) is 36.5 Å². The third-order valence-corrected chi connectivity index (χ3v) is 2.75. The molecule has 96 valence electrons. The Morgan fingerprint density at radius 3 is 2.78 bits per heavy atom. The number of rotatable bonds is 4. The van der Waals surface area contributed by atoms with Crippen LogP contribution in [-0.4, -0.2) is 23.9 Å². The maximum absolute atomic E-state index is 12.0. The Morgan fingerprint density at radius 2 is 2.06 bits per heavy atom. The molecule has 0 radical (unpaired) electrons. The normalized spacial score (nSPS) is 10.6. The van der Waals surface area contributed by atoms with E-state index in [0.717, 1.165) is 17.3 Å². The highest BCUT2D eigenvalue weighted by atomic mass is 16.6. The fourth-order valence-electron chi connectivity index (χ4n) is 1.98. The summed E-state index contributed by atoms with van der Waals surface area (Å²) in [7, 11) is 0. The Balaban J connectivity index is 2.38. The van der Waals surface area contributed by atoms with Gasteiger partial charge in [-0.25, -0.2) is 9.80 Å². The average Bonchev–Trinajstić information content (AvgIpc) is 2.80. The molecule has 4 heteroatoms. The first-order valence-electron chi connectivity index (χ1n) is 6.28. The number of aromatic nitrogens is 1. The van der Waals surface area contributed by atoms with Gasteiger partial charge in [0.25, 0.3) is 0 Å². The maximum Gasteiger partial charge on any atom is 0.429 e. The maximum atomic E-state index is 12.0. The summed E-state index contributed by atoms with van der Waals surface area (Å²) in [6, 6.07) is 9.98. The highest BCUT2D eigenvalue weighted by Crippen LogP contribution is 2.16. The van der Waals surface area contributed by atoms with E-state index in [1.807, 2.05) is 55.1 Å². The van der Waals surface area contributed by atoms with Gasteiger partial charge in [0.2, 0.25) is 0 Å². The van der Waals surface area contributed by atoms with Gasteiger partial charge in [-0.3, -0.25) is 4.68 Å². The monoisotopic (exact) mass is 246 g/mol. The largest absolute Gasteiger partial charge is 0.448 e. The van der Waals surface area contributed by atoms with E-state index in [0.29, 0.717) is 13.2 Å². The van der Waals surface area contributed by atoms with Crippen LogP contribution in [0.5, 0.6) is 0 Å². The molecule has 4 nitrogen and oxygen atoms in total. The second-order valence-corrected chi connectivity index (χ2v) is 4.04. The van der Waals surface area contributed by atoms with Crippen molar-refractivity contribution in [2.24, 2.45) is 0 Å². The van der Waals surface area contributed by atoms with Crippen molar-refractivity contribution in [3.63, 3.8) is 0 Å². The van der Waals surface area contributed by atoms with E-state index >= 15 is 0 Å². The third-order valence-electron chi connectivity index (χ3n) is 2.75. The number of amides is 1. The van der Waals surface area contributed by atoms with Crippen LogP contribution in [0.3, 0.4) is 0 Å². The number of hydrogen-bond acceptors (Lipinski definition) is 2. The number of carbonyl (C=O) groups is 1. The molecule has 0 N–H and O–H groups in total. The van der Waals surface area contributed by atoms with E-state index < -0.39 is 0 Å². The summed E-state index contributed by atoms with van der Waals surface area (Å²) in [5.41, 5.74) is 1.01. The molecule has 0 fully saturated rings. The lowest BCUT2D eigenvalue weighted by Gasteiger charge is -2.23. The van der Waals surface area contributed by atoms with Gasteiger partial charge in [0.05, 0.1) is 12.1 Å². The topological polar surface area (TPSA) is 34.5 Å². The lowest BCUT2D eigenvalue weighted by molar-refractivity contribution is 0.153. The van der Waals surface area contributed by atoms with Crippen LogP contribution in [-0.2, 0) is 4.74 Å². The molecule has 0 saturated carbocycles. The Bertz CT molecular complexity index is 533. The smallest absolute Gasteiger partial charge is 0.429 e. The van der Waals surface area contributed by atoms with Gasteiger partial charge in [0, 0.05) is 18.1 Å². The number of para-hydroxylation sites is 1. The van der Waals surface area contributed by atoms with Crippen LogP contribution >= 0.6 is 0 Å². The fourth-order valence-corrected chi connectivity index (χ4v) is 1.98. The molecule has 0 aliphatic carbocycles. The molecular formula is C14H18N2O2. The van der Waals surface area contributed by atoms with Gasteiger partial charge in [-0.2, -0.15) is 0 Å². The second kappa shape index (κ2) is 5.58. The van der Waals surface area contributed by atoms with Crippen molar-refractivity contribution in [1.29, 1.82) is 0 Å². The van der Waals surface area contributed by atoms with E-state index in [1.165, 1.54) is 0 Å². The van der Waals surface area contributed by atoms with Gasteiger partial charge in [0.1, 0.15) is 0 Å². The highest BCUT2D eigenvalue weighted by Gasteiger charge is 2.16. The molecule has 1 amide bonds. The summed E-state index contributed by atoms with van der Waals surface area (Å²) in [4.78, 5) is 12.0. The number of nitrogens with zero attached hydrogens (tertiary/aromatic N) is 2. The van der Waals surface area contributed by atoms with E-state index in [4.69, 9.17) is 4.74 Å². The van der Waals surface area contributed by atoms with Crippen LogP contribution in [0.4, 0.5) is 4.79 Å². The zero-order valence-corrected chi connectivity index (χ0v) is 10.8. The van der Waals surface area contributed by atoms with E-state index in [-0.39, 0.29) is 6.09 Å². The molecule has 2 aromatic rings. The van der Waals surface area contributed by atoms with Gasteiger partial charge in [-0.15, -0.1) is 0 Å². The minimum atomic E-state index is -0.305. The Morgan fingerprint density at radius 1 is 1.28 bits per heavy atom. The standard InChI is InChI=1S/C14H18N2O2/c1-3-10-16(14(17)18-4-2)15-11-9-12-7-5-6-8-13(12)15/h5-9,11H,3-4,10H2,1-2H3. The number of ether oxygens (including phenoxy) is 1. The summed E-state index contributed by atoms with van der Waals surface area (Å²) in [6.45, 7) is 4.88. The molecule has 0 bridgehead atoms.